The van der Waals surface area contributed by atoms with Gasteiger partial charge >= 0.3 is 0 Å². The fourth-order valence-corrected chi connectivity index (χ4v) is 4.18. The molecule has 2 aromatic rings. The van der Waals surface area contributed by atoms with Crippen molar-refractivity contribution in [3.63, 3.8) is 0 Å². The Morgan fingerprint density at radius 3 is 2.39 bits per heavy atom. The lowest BCUT2D eigenvalue weighted by Crippen LogP contribution is -2.48. The van der Waals surface area contributed by atoms with Crippen molar-refractivity contribution in [2.45, 2.75) is 33.4 Å². The highest BCUT2D eigenvalue weighted by molar-refractivity contribution is 5.46. The first-order valence-corrected chi connectivity index (χ1v) is 10.0. The third-order valence-electron chi connectivity index (χ3n) is 5.77. The van der Waals surface area contributed by atoms with Crippen LogP contribution in [0.5, 0.6) is 11.5 Å². The molecule has 1 unspecified atom stereocenters. The van der Waals surface area contributed by atoms with E-state index in [1.54, 1.807) is 17.7 Å². The fraction of sp³-hybridized carbons (Fsp3) is 0.500. The molecule has 2 heterocycles. The fourth-order valence-electron chi connectivity index (χ4n) is 4.18. The highest BCUT2D eigenvalue weighted by Gasteiger charge is 2.32. The molecule has 3 rings (SSSR count). The normalized spacial score (nSPS) is 16.9. The molecule has 1 saturated heterocycles. The van der Waals surface area contributed by atoms with Crippen LogP contribution < -0.4 is 10.3 Å². The molecule has 6 nitrogen and oxygen atoms in total. The van der Waals surface area contributed by atoms with Crippen molar-refractivity contribution in [2.24, 2.45) is 0 Å². The minimum atomic E-state index is -0.346. The molecule has 0 bridgehead atoms. The van der Waals surface area contributed by atoms with Crippen LogP contribution in [0.4, 0.5) is 0 Å². The van der Waals surface area contributed by atoms with Gasteiger partial charge in [0.25, 0.3) is 5.56 Å². The number of benzene rings is 1. The summed E-state index contributed by atoms with van der Waals surface area (Å²) in [6, 6.07) is 9.13. The lowest BCUT2D eigenvalue weighted by molar-refractivity contribution is 0.110. The lowest BCUT2D eigenvalue weighted by atomic mass is 9.95. The largest absolute Gasteiger partial charge is 0.507 e. The van der Waals surface area contributed by atoms with E-state index in [0.29, 0.717) is 12.1 Å². The number of nitrogens with zero attached hydrogens (tertiary/aromatic N) is 3. The van der Waals surface area contributed by atoms with Crippen LogP contribution in [0, 0.1) is 6.92 Å². The Hall–Kier alpha value is -2.31. The Bertz CT molecular complexity index is 870. The molecule has 1 aliphatic heterocycles. The van der Waals surface area contributed by atoms with Gasteiger partial charge in [-0.3, -0.25) is 9.69 Å². The molecule has 1 aliphatic rings. The summed E-state index contributed by atoms with van der Waals surface area (Å²) in [4.78, 5) is 18.0. The van der Waals surface area contributed by atoms with E-state index in [1.807, 2.05) is 38.1 Å². The van der Waals surface area contributed by atoms with Gasteiger partial charge in [-0.05, 0) is 32.5 Å². The van der Waals surface area contributed by atoms with Gasteiger partial charge in [-0.2, -0.15) is 0 Å². The highest BCUT2D eigenvalue weighted by atomic mass is 16.5. The van der Waals surface area contributed by atoms with Crippen molar-refractivity contribution in [1.29, 1.82) is 0 Å². The van der Waals surface area contributed by atoms with E-state index in [4.69, 9.17) is 4.74 Å². The van der Waals surface area contributed by atoms with Gasteiger partial charge in [0.1, 0.15) is 11.5 Å². The maximum Gasteiger partial charge on any atom is 0.259 e. The minimum Gasteiger partial charge on any atom is -0.507 e. The van der Waals surface area contributed by atoms with E-state index in [9.17, 15) is 9.90 Å². The van der Waals surface area contributed by atoms with Crippen molar-refractivity contribution < 1.29 is 9.84 Å². The maximum atomic E-state index is 13.3. The van der Waals surface area contributed by atoms with Crippen molar-refractivity contribution in [2.75, 3.05) is 39.8 Å². The number of hydrogen-bond acceptors (Lipinski definition) is 5. The summed E-state index contributed by atoms with van der Waals surface area (Å²) in [6.07, 6.45) is 0. The molecule has 0 saturated carbocycles. The molecule has 1 atom stereocenters. The molecule has 0 aliphatic carbocycles. The Morgan fingerprint density at radius 1 is 1.11 bits per heavy atom. The van der Waals surface area contributed by atoms with Crippen LogP contribution in [-0.2, 0) is 6.54 Å². The van der Waals surface area contributed by atoms with Gasteiger partial charge in [-0.15, -0.1) is 0 Å². The van der Waals surface area contributed by atoms with Crippen LogP contribution in [-0.4, -0.2) is 59.3 Å². The van der Waals surface area contributed by atoms with Crippen LogP contribution in [0.15, 0.2) is 35.1 Å². The number of aromatic hydroxyl groups is 1. The number of methoxy groups -OCH3 is 1. The summed E-state index contributed by atoms with van der Waals surface area (Å²) >= 11 is 0. The first-order valence-electron chi connectivity index (χ1n) is 10.0. The van der Waals surface area contributed by atoms with Crippen LogP contribution in [0.3, 0.4) is 0 Å². The van der Waals surface area contributed by atoms with Crippen LogP contribution in [0.1, 0.15) is 36.7 Å². The summed E-state index contributed by atoms with van der Waals surface area (Å²) in [7, 11) is 1.64. The molecular weight excluding hydrogens is 354 g/mol. The second kappa shape index (κ2) is 8.80. The number of piperazine rings is 1. The molecule has 1 N–H and O–H groups in total. The van der Waals surface area contributed by atoms with E-state index in [2.05, 4.69) is 16.7 Å². The predicted octanol–water partition coefficient (Wildman–Crippen LogP) is 2.62. The van der Waals surface area contributed by atoms with Crippen molar-refractivity contribution >= 4 is 0 Å². The zero-order valence-corrected chi connectivity index (χ0v) is 17.3. The van der Waals surface area contributed by atoms with E-state index in [0.717, 1.165) is 49.7 Å². The number of likely N-dealkylation sites (N-methyl/N-ethyl adjacent to an activating group) is 1. The number of para-hydroxylation sites is 1. The van der Waals surface area contributed by atoms with Gasteiger partial charge in [-0.1, -0.05) is 25.1 Å². The van der Waals surface area contributed by atoms with Crippen LogP contribution in [0.2, 0.25) is 0 Å². The second-order valence-electron chi connectivity index (χ2n) is 7.25. The topological polar surface area (TPSA) is 57.9 Å². The van der Waals surface area contributed by atoms with E-state index in [1.165, 1.54) is 0 Å². The van der Waals surface area contributed by atoms with Crippen LogP contribution >= 0.6 is 0 Å². The molecular formula is C22H31N3O3. The summed E-state index contributed by atoms with van der Waals surface area (Å²) < 4.78 is 7.34. The summed E-state index contributed by atoms with van der Waals surface area (Å²) in [6.45, 7) is 11.1. The standard InChI is InChI=1S/C22H31N3O3/c1-5-23-11-13-24(14-12-23)21(17-9-7-8-10-19(17)28-4)20-18(26)15-16(3)25(6-2)22(20)27/h7-10,15,21,26H,5-6,11-14H2,1-4H3. The van der Waals surface area contributed by atoms with Gasteiger partial charge in [-0.25, -0.2) is 0 Å². The van der Waals surface area contributed by atoms with E-state index in [-0.39, 0.29) is 17.4 Å². The SMILES string of the molecule is CCN1CCN(C(c2ccccc2OC)c2c(O)cc(C)n(CC)c2=O)CC1. The Morgan fingerprint density at radius 2 is 1.79 bits per heavy atom. The van der Waals surface area contributed by atoms with Gasteiger partial charge in [0.05, 0.1) is 18.7 Å². The molecule has 0 spiro atoms. The number of pyridine rings is 1. The summed E-state index contributed by atoms with van der Waals surface area (Å²) in [5, 5.41) is 10.8. The smallest absolute Gasteiger partial charge is 0.259 e. The average molecular weight is 386 g/mol. The Balaban J connectivity index is 2.17. The first kappa shape index (κ1) is 20.4. The maximum absolute atomic E-state index is 13.3. The van der Waals surface area contributed by atoms with E-state index >= 15 is 0 Å². The first-order chi connectivity index (χ1) is 13.5. The molecule has 1 fully saturated rings. The summed E-state index contributed by atoms with van der Waals surface area (Å²) in [5.41, 5.74) is 1.98. The quantitative estimate of drug-likeness (QED) is 0.828. The van der Waals surface area contributed by atoms with Crippen molar-refractivity contribution in [3.05, 3.63) is 57.5 Å². The number of aryl methyl sites for hydroxylation is 1. The van der Waals surface area contributed by atoms with Gasteiger partial charge in [0.2, 0.25) is 0 Å². The predicted molar refractivity (Wildman–Crippen MR) is 111 cm³/mol. The number of ether oxygens (including phenoxy) is 1. The zero-order valence-electron chi connectivity index (χ0n) is 17.3. The van der Waals surface area contributed by atoms with Gasteiger partial charge < -0.3 is 19.3 Å². The molecule has 6 heteroatoms. The molecule has 0 radical (unpaired) electrons. The molecule has 28 heavy (non-hydrogen) atoms. The number of hydrogen-bond donors (Lipinski definition) is 1. The number of aromatic nitrogens is 1. The zero-order chi connectivity index (χ0) is 20.3. The van der Waals surface area contributed by atoms with Gasteiger partial charge in [0, 0.05) is 44.0 Å². The average Bonchev–Trinajstić information content (AvgIpc) is 2.71. The minimum absolute atomic E-state index is 0.0565. The third kappa shape index (κ3) is 3.80. The third-order valence-corrected chi connectivity index (χ3v) is 5.77. The molecule has 1 aromatic heterocycles. The molecule has 0 amide bonds. The second-order valence-corrected chi connectivity index (χ2v) is 7.25. The van der Waals surface area contributed by atoms with Crippen molar-refractivity contribution in [3.8, 4) is 11.5 Å². The Labute approximate surface area is 167 Å². The van der Waals surface area contributed by atoms with Crippen molar-refractivity contribution in [1.82, 2.24) is 14.4 Å². The Kier molecular flexibility index (Phi) is 6.42. The monoisotopic (exact) mass is 385 g/mol. The molecule has 1 aromatic carbocycles. The summed E-state index contributed by atoms with van der Waals surface area (Å²) in [5.74, 6) is 0.786. The van der Waals surface area contributed by atoms with Gasteiger partial charge in [0.15, 0.2) is 0 Å². The highest BCUT2D eigenvalue weighted by Crippen LogP contribution is 2.37. The van der Waals surface area contributed by atoms with Crippen LogP contribution in [0.25, 0.3) is 0 Å². The lowest BCUT2D eigenvalue weighted by Gasteiger charge is -2.39. The molecule has 152 valence electrons. The number of rotatable bonds is 6. The van der Waals surface area contributed by atoms with E-state index < -0.39 is 0 Å².